The highest BCUT2D eigenvalue weighted by Gasteiger charge is 2.27. The van der Waals surface area contributed by atoms with E-state index < -0.39 is 11.9 Å². The van der Waals surface area contributed by atoms with Gasteiger partial charge in [0.15, 0.2) is 0 Å². The van der Waals surface area contributed by atoms with E-state index in [1.54, 1.807) is 11.0 Å². The van der Waals surface area contributed by atoms with Gasteiger partial charge in [-0.05, 0) is 43.4 Å². The number of carbonyl (C=O) groups excluding carboxylic acids is 1. The van der Waals surface area contributed by atoms with E-state index in [1.807, 2.05) is 12.1 Å². The van der Waals surface area contributed by atoms with Crippen LogP contribution in [0.2, 0.25) is 10.0 Å². The number of aliphatic carboxylic acids is 1. The van der Waals surface area contributed by atoms with Crippen LogP contribution in [0.4, 0.5) is 0 Å². The second-order valence-corrected chi connectivity index (χ2v) is 6.43. The summed E-state index contributed by atoms with van der Waals surface area (Å²) < 4.78 is 0. The number of hydrogen-bond acceptors (Lipinski definition) is 2. The number of hydrogen-bond donors (Lipinski definition) is 1. The van der Waals surface area contributed by atoms with E-state index in [0.29, 0.717) is 42.4 Å². The zero-order valence-corrected chi connectivity index (χ0v) is 13.7. The average molecular weight is 344 g/mol. The van der Waals surface area contributed by atoms with Crippen molar-refractivity contribution >= 4 is 35.1 Å². The summed E-state index contributed by atoms with van der Waals surface area (Å²) in [7, 11) is 0. The Morgan fingerprint density at radius 3 is 2.73 bits per heavy atom. The standard InChI is InChI=1S/C16H19Cl2NO3/c17-13-7-6-11(9-14(13)18)3-1-5-15(20)19-8-2-4-12(10-19)16(21)22/h6-7,9,12H,1-5,8,10H2,(H,21,22)/t12-/m0/s1. The lowest BCUT2D eigenvalue weighted by molar-refractivity contribution is -0.145. The second kappa shape index (κ2) is 7.84. The highest BCUT2D eigenvalue weighted by atomic mass is 35.5. The fourth-order valence-corrected chi connectivity index (χ4v) is 3.02. The van der Waals surface area contributed by atoms with Gasteiger partial charge in [-0.15, -0.1) is 0 Å². The molecule has 0 unspecified atom stereocenters. The van der Waals surface area contributed by atoms with Crippen LogP contribution in [0.15, 0.2) is 18.2 Å². The molecule has 120 valence electrons. The smallest absolute Gasteiger partial charge is 0.308 e. The van der Waals surface area contributed by atoms with E-state index in [2.05, 4.69) is 0 Å². The fraction of sp³-hybridized carbons (Fsp3) is 0.500. The molecule has 2 rings (SSSR count). The minimum atomic E-state index is -0.812. The summed E-state index contributed by atoms with van der Waals surface area (Å²) in [6.45, 7) is 0.996. The number of benzene rings is 1. The number of carboxylic acid groups (broad SMARTS) is 1. The van der Waals surface area contributed by atoms with Crippen molar-refractivity contribution in [3.8, 4) is 0 Å². The molecule has 0 radical (unpaired) electrons. The van der Waals surface area contributed by atoms with Gasteiger partial charge in [-0.3, -0.25) is 9.59 Å². The Hall–Kier alpha value is -1.26. The number of likely N-dealkylation sites (tertiary alicyclic amines) is 1. The summed E-state index contributed by atoms with van der Waals surface area (Å²) >= 11 is 11.8. The first-order valence-corrected chi connectivity index (χ1v) is 8.17. The maximum Gasteiger partial charge on any atom is 0.308 e. The monoisotopic (exact) mass is 343 g/mol. The van der Waals surface area contributed by atoms with E-state index in [1.165, 1.54) is 0 Å². The molecule has 1 amide bonds. The molecule has 1 saturated heterocycles. The van der Waals surface area contributed by atoms with E-state index in [9.17, 15) is 9.59 Å². The molecule has 0 aromatic heterocycles. The summed E-state index contributed by atoms with van der Waals surface area (Å²) in [5, 5.41) is 10.1. The third kappa shape index (κ3) is 4.62. The molecule has 1 heterocycles. The first-order valence-electron chi connectivity index (χ1n) is 7.42. The van der Waals surface area contributed by atoms with Crippen LogP contribution in [0.5, 0.6) is 0 Å². The third-order valence-corrected chi connectivity index (χ3v) is 4.70. The van der Waals surface area contributed by atoms with Gasteiger partial charge < -0.3 is 10.0 Å². The number of carbonyl (C=O) groups is 2. The summed E-state index contributed by atoms with van der Waals surface area (Å²) in [6, 6.07) is 5.47. The molecule has 1 N–H and O–H groups in total. The lowest BCUT2D eigenvalue weighted by Gasteiger charge is -2.30. The highest BCUT2D eigenvalue weighted by Crippen LogP contribution is 2.23. The Kier molecular flexibility index (Phi) is 6.09. The SMILES string of the molecule is O=C(O)[C@H]1CCCN(C(=O)CCCc2ccc(Cl)c(Cl)c2)C1. The molecule has 1 aliphatic heterocycles. The molecule has 4 nitrogen and oxygen atoms in total. The van der Waals surface area contributed by atoms with E-state index in [-0.39, 0.29) is 5.91 Å². The summed E-state index contributed by atoms with van der Waals surface area (Å²) in [6.07, 6.45) is 3.30. The van der Waals surface area contributed by atoms with Gasteiger partial charge in [-0.1, -0.05) is 29.3 Å². The number of halogens is 2. The van der Waals surface area contributed by atoms with Crippen LogP contribution in [-0.4, -0.2) is 35.0 Å². The van der Waals surface area contributed by atoms with Gasteiger partial charge in [0.1, 0.15) is 0 Å². The number of amides is 1. The maximum absolute atomic E-state index is 12.2. The van der Waals surface area contributed by atoms with Crippen molar-refractivity contribution in [1.82, 2.24) is 4.90 Å². The maximum atomic E-state index is 12.2. The number of carboxylic acids is 1. The van der Waals surface area contributed by atoms with Crippen molar-refractivity contribution < 1.29 is 14.7 Å². The molecular weight excluding hydrogens is 325 g/mol. The van der Waals surface area contributed by atoms with Crippen molar-refractivity contribution in [2.24, 2.45) is 5.92 Å². The average Bonchev–Trinajstić information content (AvgIpc) is 2.51. The molecule has 0 aliphatic carbocycles. The van der Waals surface area contributed by atoms with Crippen molar-refractivity contribution in [3.63, 3.8) is 0 Å². The van der Waals surface area contributed by atoms with Crippen LogP contribution >= 0.6 is 23.2 Å². The number of rotatable bonds is 5. The molecule has 1 atom stereocenters. The molecule has 1 aromatic carbocycles. The van der Waals surface area contributed by atoms with E-state index >= 15 is 0 Å². The Balaban J connectivity index is 1.79. The van der Waals surface area contributed by atoms with Crippen LogP contribution < -0.4 is 0 Å². The number of piperidine rings is 1. The Labute approximate surface area is 140 Å². The van der Waals surface area contributed by atoms with Gasteiger partial charge in [-0.25, -0.2) is 0 Å². The second-order valence-electron chi connectivity index (χ2n) is 5.62. The van der Waals surface area contributed by atoms with E-state index in [0.717, 1.165) is 18.4 Å². The van der Waals surface area contributed by atoms with Gasteiger partial charge >= 0.3 is 5.97 Å². The van der Waals surface area contributed by atoms with Crippen LogP contribution in [0, 0.1) is 5.92 Å². The van der Waals surface area contributed by atoms with Gasteiger partial charge in [0.25, 0.3) is 0 Å². The molecule has 0 saturated carbocycles. The van der Waals surface area contributed by atoms with Crippen molar-refractivity contribution in [2.75, 3.05) is 13.1 Å². The molecular formula is C16H19Cl2NO3. The Morgan fingerprint density at radius 1 is 1.27 bits per heavy atom. The quantitative estimate of drug-likeness (QED) is 0.887. The highest BCUT2D eigenvalue weighted by molar-refractivity contribution is 6.42. The van der Waals surface area contributed by atoms with Gasteiger partial charge in [0.2, 0.25) is 5.91 Å². The molecule has 6 heteroatoms. The predicted octanol–water partition coefficient (Wildman–Crippen LogP) is 3.64. The molecule has 1 fully saturated rings. The zero-order chi connectivity index (χ0) is 16.1. The topological polar surface area (TPSA) is 57.6 Å². The van der Waals surface area contributed by atoms with Crippen molar-refractivity contribution in [3.05, 3.63) is 33.8 Å². The summed E-state index contributed by atoms with van der Waals surface area (Å²) in [5.41, 5.74) is 1.05. The van der Waals surface area contributed by atoms with Crippen molar-refractivity contribution in [1.29, 1.82) is 0 Å². The zero-order valence-electron chi connectivity index (χ0n) is 12.2. The Morgan fingerprint density at radius 2 is 2.05 bits per heavy atom. The normalized spacial score (nSPS) is 18.3. The van der Waals surface area contributed by atoms with Gasteiger partial charge in [0, 0.05) is 19.5 Å². The number of aryl methyl sites for hydroxylation is 1. The lowest BCUT2D eigenvalue weighted by atomic mass is 9.98. The van der Waals surface area contributed by atoms with Crippen LogP contribution in [0.3, 0.4) is 0 Å². The largest absolute Gasteiger partial charge is 0.481 e. The first kappa shape index (κ1) is 17.1. The molecule has 1 aliphatic rings. The van der Waals surface area contributed by atoms with E-state index in [4.69, 9.17) is 28.3 Å². The Bertz CT molecular complexity index is 562. The fourth-order valence-electron chi connectivity index (χ4n) is 2.70. The molecule has 22 heavy (non-hydrogen) atoms. The van der Waals surface area contributed by atoms with Crippen LogP contribution in [0.25, 0.3) is 0 Å². The summed E-state index contributed by atoms with van der Waals surface area (Å²) in [5.74, 6) is -1.20. The lowest BCUT2D eigenvalue weighted by Crippen LogP contribution is -2.42. The van der Waals surface area contributed by atoms with Crippen LogP contribution in [-0.2, 0) is 16.0 Å². The molecule has 0 spiro atoms. The molecule has 1 aromatic rings. The molecule has 0 bridgehead atoms. The predicted molar refractivity (Wildman–Crippen MR) is 86.3 cm³/mol. The van der Waals surface area contributed by atoms with Gasteiger partial charge in [-0.2, -0.15) is 0 Å². The van der Waals surface area contributed by atoms with Gasteiger partial charge in [0.05, 0.1) is 16.0 Å². The minimum absolute atomic E-state index is 0.0333. The third-order valence-electron chi connectivity index (χ3n) is 3.96. The van der Waals surface area contributed by atoms with Crippen molar-refractivity contribution in [2.45, 2.75) is 32.1 Å². The first-order chi connectivity index (χ1) is 10.5. The van der Waals surface area contributed by atoms with Crippen LogP contribution in [0.1, 0.15) is 31.2 Å². The minimum Gasteiger partial charge on any atom is -0.481 e. The number of nitrogens with zero attached hydrogens (tertiary/aromatic N) is 1. The summed E-state index contributed by atoms with van der Waals surface area (Å²) in [4.78, 5) is 24.9.